The van der Waals surface area contributed by atoms with Crippen molar-refractivity contribution < 1.29 is 9.18 Å². The highest BCUT2D eigenvalue weighted by atomic mass is 32.2. The van der Waals surface area contributed by atoms with E-state index in [0.29, 0.717) is 16.0 Å². The van der Waals surface area contributed by atoms with Gasteiger partial charge in [-0.05, 0) is 30.9 Å². The largest absolute Gasteiger partial charge is 0.298 e. The molecule has 0 fully saturated rings. The molecular weight excluding hydrogens is 175 g/mol. The van der Waals surface area contributed by atoms with Crippen molar-refractivity contribution >= 4 is 18.0 Å². The molecule has 1 rings (SSSR count). The number of aryl methyl sites for hydroxylation is 1. The number of hydrogen-bond donors (Lipinski definition) is 0. The zero-order valence-corrected chi connectivity index (χ0v) is 7.74. The molecule has 0 aromatic heterocycles. The van der Waals surface area contributed by atoms with Crippen LogP contribution in [0.2, 0.25) is 0 Å². The minimum Gasteiger partial charge on any atom is -0.298 e. The lowest BCUT2D eigenvalue weighted by molar-refractivity contribution is 0.112. The first-order valence-electron chi connectivity index (χ1n) is 3.48. The summed E-state index contributed by atoms with van der Waals surface area (Å²) in [5.74, 6) is -0.259. The van der Waals surface area contributed by atoms with Crippen LogP contribution in [0, 0.1) is 12.7 Å². The SMILES string of the molecule is CSc1cc(C=O)c(C)cc1F. The molecule has 0 aliphatic heterocycles. The van der Waals surface area contributed by atoms with Gasteiger partial charge in [-0.2, -0.15) is 0 Å². The Bertz CT molecular complexity index is 310. The van der Waals surface area contributed by atoms with Gasteiger partial charge >= 0.3 is 0 Å². The van der Waals surface area contributed by atoms with E-state index in [0.717, 1.165) is 6.29 Å². The Kier molecular flexibility index (Phi) is 2.87. The highest BCUT2D eigenvalue weighted by Crippen LogP contribution is 2.22. The van der Waals surface area contributed by atoms with Gasteiger partial charge in [0.25, 0.3) is 0 Å². The van der Waals surface area contributed by atoms with Crippen LogP contribution in [-0.4, -0.2) is 12.5 Å². The second-order valence-corrected chi connectivity index (χ2v) is 3.31. The Morgan fingerprint density at radius 3 is 2.67 bits per heavy atom. The van der Waals surface area contributed by atoms with Gasteiger partial charge in [-0.25, -0.2) is 4.39 Å². The van der Waals surface area contributed by atoms with Crippen molar-refractivity contribution in [1.82, 2.24) is 0 Å². The Morgan fingerprint density at radius 1 is 1.50 bits per heavy atom. The van der Waals surface area contributed by atoms with Crippen molar-refractivity contribution in [3.63, 3.8) is 0 Å². The van der Waals surface area contributed by atoms with Gasteiger partial charge in [0.05, 0.1) is 0 Å². The molecule has 0 radical (unpaired) electrons. The number of carbonyl (C=O) groups is 1. The number of carbonyl (C=O) groups excluding carboxylic acids is 1. The zero-order valence-electron chi connectivity index (χ0n) is 6.93. The fourth-order valence-electron chi connectivity index (χ4n) is 0.952. The summed E-state index contributed by atoms with van der Waals surface area (Å²) in [4.78, 5) is 11.0. The van der Waals surface area contributed by atoms with Gasteiger partial charge in [0.15, 0.2) is 0 Å². The van der Waals surface area contributed by atoms with Gasteiger partial charge in [0.2, 0.25) is 0 Å². The number of aldehydes is 1. The van der Waals surface area contributed by atoms with E-state index in [2.05, 4.69) is 0 Å². The van der Waals surface area contributed by atoms with Crippen molar-refractivity contribution in [2.45, 2.75) is 11.8 Å². The van der Waals surface area contributed by atoms with Crippen molar-refractivity contribution in [2.24, 2.45) is 0 Å². The van der Waals surface area contributed by atoms with Crippen molar-refractivity contribution in [3.8, 4) is 0 Å². The fourth-order valence-corrected chi connectivity index (χ4v) is 1.45. The summed E-state index contributed by atoms with van der Waals surface area (Å²) >= 11 is 1.30. The molecule has 0 spiro atoms. The zero-order chi connectivity index (χ0) is 9.14. The molecule has 12 heavy (non-hydrogen) atoms. The van der Waals surface area contributed by atoms with Gasteiger partial charge < -0.3 is 0 Å². The Morgan fingerprint density at radius 2 is 2.17 bits per heavy atom. The quantitative estimate of drug-likeness (QED) is 0.519. The van der Waals surface area contributed by atoms with E-state index in [1.54, 1.807) is 19.2 Å². The van der Waals surface area contributed by atoms with Gasteiger partial charge in [0, 0.05) is 10.5 Å². The lowest BCUT2D eigenvalue weighted by atomic mass is 10.1. The van der Waals surface area contributed by atoms with E-state index >= 15 is 0 Å². The lowest BCUT2D eigenvalue weighted by Crippen LogP contribution is -1.90. The van der Waals surface area contributed by atoms with Crippen LogP contribution in [0.25, 0.3) is 0 Å². The van der Waals surface area contributed by atoms with Gasteiger partial charge in [-0.1, -0.05) is 0 Å². The summed E-state index contributed by atoms with van der Waals surface area (Å²) < 4.78 is 13.0. The molecule has 0 aliphatic carbocycles. The second kappa shape index (κ2) is 3.72. The molecule has 0 atom stereocenters. The summed E-state index contributed by atoms with van der Waals surface area (Å²) in [6.07, 6.45) is 2.52. The average Bonchev–Trinajstić information content (AvgIpc) is 2.05. The van der Waals surface area contributed by atoms with E-state index in [9.17, 15) is 9.18 Å². The lowest BCUT2D eigenvalue weighted by Gasteiger charge is -2.02. The number of rotatable bonds is 2. The van der Waals surface area contributed by atoms with Gasteiger partial charge in [-0.15, -0.1) is 11.8 Å². The van der Waals surface area contributed by atoms with Crippen molar-refractivity contribution in [3.05, 3.63) is 29.1 Å². The normalized spacial score (nSPS) is 9.92. The molecule has 1 aromatic carbocycles. The number of halogens is 1. The summed E-state index contributed by atoms with van der Waals surface area (Å²) in [6, 6.07) is 2.96. The van der Waals surface area contributed by atoms with Crippen molar-refractivity contribution in [2.75, 3.05) is 6.26 Å². The molecule has 64 valence electrons. The molecule has 3 heteroatoms. The van der Waals surface area contributed by atoms with Gasteiger partial charge in [0.1, 0.15) is 12.1 Å². The molecule has 0 heterocycles. The van der Waals surface area contributed by atoms with Gasteiger partial charge in [-0.3, -0.25) is 4.79 Å². The van der Waals surface area contributed by atoms with Crippen LogP contribution < -0.4 is 0 Å². The second-order valence-electron chi connectivity index (χ2n) is 2.46. The Balaban J connectivity index is 3.26. The molecular formula is C9H9FOS. The van der Waals surface area contributed by atoms with Crippen LogP contribution in [0.15, 0.2) is 17.0 Å². The third-order valence-electron chi connectivity index (χ3n) is 1.67. The minimum atomic E-state index is -0.259. The molecule has 1 aromatic rings. The Labute approximate surface area is 75.0 Å². The minimum absolute atomic E-state index is 0.259. The standard InChI is InChI=1S/C9H9FOS/c1-6-3-8(10)9(12-2)4-7(6)5-11/h3-5H,1-2H3. The number of benzene rings is 1. The highest BCUT2D eigenvalue weighted by molar-refractivity contribution is 7.98. The monoisotopic (exact) mass is 184 g/mol. The van der Waals surface area contributed by atoms with Crippen LogP contribution in [-0.2, 0) is 0 Å². The van der Waals surface area contributed by atoms with E-state index in [1.807, 2.05) is 0 Å². The first-order chi connectivity index (χ1) is 5.69. The molecule has 0 amide bonds. The highest BCUT2D eigenvalue weighted by Gasteiger charge is 2.04. The molecule has 0 saturated heterocycles. The topological polar surface area (TPSA) is 17.1 Å². The third kappa shape index (κ3) is 1.67. The maximum absolute atomic E-state index is 13.0. The first-order valence-corrected chi connectivity index (χ1v) is 4.71. The van der Waals surface area contributed by atoms with Crippen LogP contribution >= 0.6 is 11.8 Å². The van der Waals surface area contributed by atoms with E-state index in [-0.39, 0.29) is 5.82 Å². The molecule has 0 N–H and O–H groups in total. The summed E-state index contributed by atoms with van der Waals surface area (Å²) in [7, 11) is 0. The summed E-state index contributed by atoms with van der Waals surface area (Å²) in [6.45, 7) is 1.72. The summed E-state index contributed by atoms with van der Waals surface area (Å²) in [5, 5.41) is 0. The number of thioether (sulfide) groups is 1. The maximum Gasteiger partial charge on any atom is 0.150 e. The fraction of sp³-hybridized carbons (Fsp3) is 0.222. The van der Waals surface area contributed by atoms with E-state index in [1.165, 1.54) is 17.8 Å². The summed E-state index contributed by atoms with van der Waals surface area (Å²) in [5.41, 5.74) is 1.24. The van der Waals surface area contributed by atoms with Crippen LogP contribution in [0.4, 0.5) is 4.39 Å². The number of hydrogen-bond acceptors (Lipinski definition) is 2. The Hall–Kier alpha value is -0.830. The smallest absolute Gasteiger partial charge is 0.150 e. The van der Waals surface area contributed by atoms with Crippen molar-refractivity contribution in [1.29, 1.82) is 0 Å². The predicted molar refractivity (Wildman–Crippen MR) is 48.3 cm³/mol. The maximum atomic E-state index is 13.0. The molecule has 0 unspecified atom stereocenters. The van der Waals surface area contributed by atoms with Crippen LogP contribution in [0.1, 0.15) is 15.9 Å². The first kappa shape index (κ1) is 9.26. The van der Waals surface area contributed by atoms with E-state index in [4.69, 9.17) is 0 Å². The molecule has 1 nitrogen and oxygen atoms in total. The predicted octanol–water partition coefficient (Wildman–Crippen LogP) is 2.67. The molecule has 0 saturated carbocycles. The molecule has 0 aliphatic rings. The van der Waals surface area contributed by atoms with E-state index < -0.39 is 0 Å². The third-order valence-corrected chi connectivity index (χ3v) is 2.42. The molecule has 0 bridgehead atoms. The van der Waals surface area contributed by atoms with Crippen LogP contribution in [0.3, 0.4) is 0 Å². The van der Waals surface area contributed by atoms with Crippen LogP contribution in [0.5, 0.6) is 0 Å². The average molecular weight is 184 g/mol.